The van der Waals surface area contributed by atoms with E-state index in [4.69, 9.17) is 9.57 Å². The molecule has 0 N–H and O–H groups in total. The SMILES string of the molecule is C=CCOC(=O)N1O[C@H](CCCCCCCCC)C[C@@H]1C=C. The summed E-state index contributed by atoms with van der Waals surface area (Å²) in [6, 6.07) is -0.0909. The number of hydroxylamine groups is 2. The zero-order chi connectivity index (χ0) is 16.2. The summed E-state index contributed by atoms with van der Waals surface area (Å²) in [4.78, 5) is 17.6. The standard InChI is InChI=1S/C18H31NO3/c1-4-7-8-9-10-11-12-13-17-15-16(6-3)19(22-17)18(20)21-14-5-2/h5-6,16-17H,2-4,7-15H2,1H3/t16-,17+/m0/s1. The Labute approximate surface area is 135 Å². The normalized spacial score (nSPS) is 20.9. The van der Waals surface area contributed by atoms with Crippen LogP contribution in [-0.2, 0) is 9.57 Å². The van der Waals surface area contributed by atoms with Crippen molar-refractivity contribution in [3.63, 3.8) is 0 Å². The maximum Gasteiger partial charge on any atom is 0.434 e. The summed E-state index contributed by atoms with van der Waals surface area (Å²) in [5.41, 5.74) is 0. The Balaban J connectivity index is 2.22. The number of amides is 1. The first-order chi connectivity index (χ1) is 10.7. The van der Waals surface area contributed by atoms with E-state index in [1.54, 1.807) is 12.2 Å². The van der Waals surface area contributed by atoms with Crippen molar-refractivity contribution in [1.29, 1.82) is 0 Å². The molecule has 0 bridgehead atoms. The van der Waals surface area contributed by atoms with E-state index < -0.39 is 6.09 Å². The molecule has 0 saturated carbocycles. The fourth-order valence-corrected chi connectivity index (χ4v) is 2.71. The van der Waals surface area contributed by atoms with Crippen molar-refractivity contribution < 1.29 is 14.4 Å². The van der Waals surface area contributed by atoms with Crippen LogP contribution in [-0.4, -0.2) is 29.9 Å². The minimum Gasteiger partial charge on any atom is -0.444 e. The average molecular weight is 309 g/mol. The monoisotopic (exact) mass is 309 g/mol. The van der Waals surface area contributed by atoms with Gasteiger partial charge in [-0.1, -0.05) is 70.6 Å². The van der Waals surface area contributed by atoms with Crippen LogP contribution in [0.25, 0.3) is 0 Å². The second kappa shape index (κ2) is 11.3. The minimum absolute atomic E-state index is 0.0909. The fourth-order valence-electron chi connectivity index (χ4n) is 2.71. The van der Waals surface area contributed by atoms with Gasteiger partial charge in [-0.25, -0.2) is 4.79 Å². The van der Waals surface area contributed by atoms with Crippen molar-refractivity contribution in [2.75, 3.05) is 6.61 Å². The van der Waals surface area contributed by atoms with Gasteiger partial charge in [-0.05, 0) is 6.42 Å². The van der Waals surface area contributed by atoms with E-state index >= 15 is 0 Å². The van der Waals surface area contributed by atoms with Crippen molar-refractivity contribution in [3.05, 3.63) is 25.3 Å². The molecular formula is C18H31NO3. The first kappa shape index (κ1) is 18.8. The lowest BCUT2D eigenvalue weighted by atomic mass is 10.0. The Morgan fingerprint density at radius 3 is 2.55 bits per heavy atom. The molecule has 0 aromatic heterocycles. The van der Waals surface area contributed by atoms with Gasteiger partial charge in [0.2, 0.25) is 0 Å². The van der Waals surface area contributed by atoms with Crippen LogP contribution in [0.3, 0.4) is 0 Å². The van der Waals surface area contributed by atoms with E-state index in [0.717, 1.165) is 19.3 Å². The number of unbranched alkanes of at least 4 members (excludes halogenated alkanes) is 6. The largest absolute Gasteiger partial charge is 0.444 e. The first-order valence-corrected chi connectivity index (χ1v) is 8.59. The highest BCUT2D eigenvalue weighted by atomic mass is 16.7. The van der Waals surface area contributed by atoms with Crippen molar-refractivity contribution >= 4 is 6.09 Å². The molecule has 1 saturated heterocycles. The van der Waals surface area contributed by atoms with Gasteiger partial charge >= 0.3 is 6.09 Å². The first-order valence-electron chi connectivity index (χ1n) is 8.59. The summed E-state index contributed by atoms with van der Waals surface area (Å²) in [6.07, 6.45) is 13.7. The molecule has 0 aromatic carbocycles. The molecule has 1 fully saturated rings. The van der Waals surface area contributed by atoms with Crippen LogP contribution >= 0.6 is 0 Å². The third-order valence-electron chi connectivity index (χ3n) is 3.97. The predicted molar refractivity (Wildman–Crippen MR) is 89.5 cm³/mol. The molecule has 4 nitrogen and oxygen atoms in total. The number of carbonyl (C=O) groups excluding carboxylic acids is 1. The number of rotatable bonds is 11. The maximum absolute atomic E-state index is 11.9. The van der Waals surface area contributed by atoms with E-state index in [2.05, 4.69) is 20.1 Å². The molecular weight excluding hydrogens is 278 g/mol. The summed E-state index contributed by atoms with van der Waals surface area (Å²) < 4.78 is 5.03. The van der Waals surface area contributed by atoms with Crippen molar-refractivity contribution in [1.82, 2.24) is 5.06 Å². The number of hydrogen-bond acceptors (Lipinski definition) is 3. The molecule has 22 heavy (non-hydrogen) atoms. The lowest BCUT2D eigenvalue weighted by Crippen LogP contribution is -2.34. The van der Waals surface area contributed by atoms with Gasteiger partial charge in [-0.15, -0.1) is 6.58 Å². The molecule has 1 aliphatic rings. The molecule has 4 heteroatoms. The van der Waals surface area contributed by atoms with Gasteiger partial charge in [-0.3, -0.25) is 4.84 Å². The molecule has 1 amide bonds. The Bertz CT molecular complexity index is 343. The molecule has 1 rings (SSSR count). The summed E-state index contributed by atoms with van der Waals surface area (Å²) in [5.74, 6) is 0. The van der Waals surface area contributed by atoms with Gasteiger partial charge in [0.05, 0.1) is 12.1 Å². The highest BCUT2D eigenvalue weighted by Gasteiger charge is 2.35. The van der Waals surface area contributed by atoms with Crippen LogP contribution < -0.4 is 0 Å². The minimum atomic E-state index is -0.452. The van der Waals surface area contributed by atoms with Gasteiger partial charge in [0.1, 0.15) is 6.61 Å². The Morgan fingerprint density at radius 2 is 1.91 bits per heavy atom. The van der Waals surface area contributed by atoms with E-state index in [-0.39, 0.29) is 18.8 Å². The topological polar surface area (TPSA) is 38.8 Å². The quantitative estimate of drug-likeness (QED) is 0.398. The highest BCUT2D eigenvalue weighted by Crippen LogP contribution is 2.26. The molecule has 1 aliphatic heterocycles. The van der Waals surface area contributed by atoms with E-state index in [0.29, 0.717) is 0 Å². The van der Waals surface area contributed by atoms with Crippen LogP contribution in [0.15, 0.2) is 25.3 Å². The van der Waals surface area contributed by atoms with Crippen LogP contribution in [0.2, 0.25) is 0 Å². The van der Waals surface area contributed by atoms with E-state index in [1.165, 1.54) is 43.6 Å². The van der Waals surface area contributed by atoms with Crippen molar-refractivity contribution in [3.8, 4) is 0 Å². The van der Waals surface area contributed by atoms with Crippen LogP contribution in [0.1, 0.15) is 64.7 Å². The summed E-state index contributed by atoms with van der Waals surface area (Å²) >= 11 is 0. The van der Waals surface area contributed by atoms with Gasteiger partial charge < -0.3 is 4.74 Å². The number of nitrogens with zero attached hydrogens (tertiary/aromatic N) is 1. The van der Waals surface area contributed by atoms with Gasteiger partial charge in [-0.2, -0.15) is 5.06 Å². The number of carbonyl (C=O) groups is 1. The van der Waals surface area contributed by atoms with Gasteiger partial charge in [0.25, 0.3) is 0 Å². The summed E-state index contributed by atoms with van der Waals surface area (Å²) in [5, 5.41) is 1.32. The lowest BCUT2D eigenvalue weighted by Gasteiger charge is -2.19. The van der Waals surface area contributed by atoms with Gasteiger partial charge in [0.15, 0.2) is 0 Å². The Morgan fingerprint density at radius 1 is 1.23 bits per heavy atom. The van der Waals surface area contributed by atoms with Crippen LogP contribution in [0, 0.1) is 0 Å². The predicted octanol–water partition coefficient (Wildman–Crippen LogP) is 5.01. The van der Waals surface area contributed by atoms with E-state index in [1.807, 2.05) is 0 Å². The Hall–Kier alpha value is -1.29. The number of hydrogen-bond donors (Lipinski definition) is 0. The highest BCUT2D eigenvalue weighted by molar-refractivity contribution is 5.67. The molecule has 0 aliphatic carbocycles. The van der Waals surface area contributed by atoms with Gasteiger partial charge in [0, 0.05) is 6.42 Å². The lowest BCUT2D eigenvalue weighted by molar-refractivity contribution is -0.134. The van der Waals surface area contributed by atoms with Crippen molar-refractivity contribution in [2.45, 2.75) is 76.9 Å². The Kier molecular flexibility index (Phi) is 9.64. The smallest absolute Gasteiger partial charge is 0.434 e. The zero-order valence-electron chi connectivity index (χ0n) is 14.0. The zero-order valence-corrected chi connectivity index (χ0v) is 14.0. The fraction of sp³-hybridized carbons (Fsp3) is 0.722. The molecule has 0 radical (unpaired) electrons. The molecule has 126 valence electrons. The summed E-state index contributed by atoms with van der Waals surface area (Å²) in [6.45, 7) is 9.75. The third kappa shape index (κ3) is 6.65. The summed E-state index contributed by atoms with van der Waals surface area (Å²) in [7, 11) is 0. The third-order valence-corrected chi connectivity index (χ3v) is 3.97. The van der Waals surface area contributed by atoms with Crippen molar-refractivity contribution in [2.24, 2.45) is 0 Å². The second-order valence-electron chi connectivity index (χ2n) is 5.87. The van der Waals surface area contributed by atoms with Crippen LogP contribution in [0.4, 0.5) is 4.79 Å². The molecule has 0 unspecified atom stereocenters. The van der Waals surface area contributed by atoms with E-state index in [9.17, 15) is 4.79 Å². The maximum atomic E-state index is 11.9. The molecule has 1 heterocycles. The van der Waals surface area contributed by atoms with Crippen LogP contribution in [0.5, 0.6) is 0 Å². The molecule has 0 aromatic rings. The average Bonchev–Trinajstić information content (AvgIpc) is 2.95. The second-order valence-corrected chi connectivity index (χ2v) is 5.87. The number of ether oxygens (including phenoxy) is 1. The molecule has 0 spiro atoms. The molecule has 2 atom stereocenters.